The molecule has 0 fully saturated rings. The van der Waals surface area contributed by atoms with Gasteiger partial charge in [-0.15, -0.1) is 0 Å². The van der Waals surface area contributed by atoms with Crippen molar-refractivity contribution in [1.29, 1.82) is 0 Å². The molecular formula is C8H20F2. The van der Waals surface area contributed by atoms with Gasteiger partial charge in [-0.25, -0.2) is 0 Å². The van der Waals surface area contributed by atoms with E-state index in [9.17, 15) is 0 Å². The maximum Gasteiger partial charge on any atom is -0.0533 e. The van der Waals surface area contributed by atoms with Crippen LogP contribution in [0.5, 0.6) is 0 Å². The molecule has 0 amide bonds. The van der Waals surface area contributed by atoms with Gasteiger partial charge in [0.25, 0.3) is 0 Å². The van der Waals surface area contributed by atoms with Crippen molar-refractivity contribution >= 4 is 0 Å². The lowest BCUT2D eigenvalue weighted by Gasteiger charge is -1.93. The van der Waals surface area contributed by atoms with Crippen molar-refractivity contribution in [1.82, 2.24) is 0 Å². The van der Waals surface area contributed by atoms with Gasteiger partial charge >= 0.3 is 0 Å². The molecule has 0 aliphatic carbocycles. The first-order valence-corrected chi connectivity index (χ1v) is 3.91. The second kappa shape index (κ2) is 15.9. The van der Waals surface area contributed by atoms with E-state index in [1.54, 1.807) is 0 Å². The maximum atomic E-state index is 2.26. The lowest BCUT2D eigenvalue weighted by atomic mass is 10.1. The predicted octanol–water partition coefficient (Wildman–Crippen LogP) is 3.67. The van der Waals surface area contributed by atoms with Crippen molar-refractivity contribution in [2.75, 3.05) is 0 Å². The quantitative estimate of drug-likeness (QED) is 0.530. The van der Waals surface area contributed by atoms with E-state index in [0.29, 0.717) is 0 Å². The summed E-state index contributed by atoms with van der Waals surface area (Å²) >= 11 is 0. The topological polar surface area (TPSA) is 0 Å². The van der Waals surface area contributed by atoms with Gasteiger partial charge < -0.3 is 0 Å². The van der Waals surface area contributed by atoms with E-state index >= 15 is 0 Å². The Kier molecular flexibility index (Phi) is 26.2. The van der Waals surface area contributed by atoms with Crippen LogP contribution in [0.2, 0.25) is 0 Å². The van der Waals surface area contributed by atoms with E-state index in [1.807, 2.05) is 0 Å². The first-order valence-electron chi connectivity index (χ1n) is 3.91. The molecule has 2 heteroatoms. The summed E-state index contributed by atoms with van der Waals surface area (Å²) in [5, 5.41) is 0. The Balaban J connectivity index is -0.000000245. The highest BCUT2D eigenvalue weighted by molar-refractivity contribution is 4.39. The molecule has 0 nitrogen and oxygen atoms in total. The van der Waals surface area contributed by atoms with E-state index in [-0.39, 0.29) is 9.41 Å². The summed E-state index contributed by atoms with van der Waals surface area (Å²) in [6, 6.07) is 0. The Morgan fingerprint density at radius 2 is 0.900 bits per heavy atom. The molecule has 0 heterocycles. The van der Waals surface area contributed by atoms with Gasteiger partial charge in [0.2, 0.25) is 0 Å². The molecule has 0 radical (unpaired) electrons. The zero-order chi connectivity index (χ0) is 6.24. The molecule has 0 aliphatic heterocycles. The average molecular weight is 154 g/mol. The van der Waals surface area contributed by atoms with Crippen LogP contribution in [0.15, 0.2) is 0 Å². The van der Waals surface area contributed by atoms with Crippen LogP contribution in [0.3, 0.4) is 0 Å². The Bertz CT molecular complexity index is 32.2. The number of hydrogen-bond acceptors (Lipinski definition) is 0. The molecular weight excluding hydrogens is 134 g/mol. The summed E-state index contributed by atoms with van der Waals surface area (Å²) in [6.45, 7) is 4.51. The molecule has 0 aromatic rings. The standard InChI is InChI=1S/C8H18.2FH/c1-3-5-7-8-6-4-2;;/h3-8H2,1-2H3;2*1H. The van der Waals surface area contributed by atoms with Crippen molar-refractivity contribution in [3.05, 3.63) is 0 Å². The molecule has 66 valence electrons. The van der Waals surface area contributed by atoms with Crippen LogP contribution in [0.1, 0.15) is 52.4 Å². The van der Waals surface area contributed by atoms with Crippen LogP contribution in [0, 0.1) is 0 Å². The Labute approximate surface area is 62.8 Å². The zero-order valence-electron chi connectivity index (χ0n) is 7.06. The summed E-state index contributed by atoms with van der Waals surface area (Å²) in [7, 11) is 0. The molecule has 0 spiro atoms. The van der Waals surface area contributed by atoms with Crippen LogP contribution in [-0.4, -0.2) is 0 Å². The molecule has 10 heavy (non-hydrogen) atoms. The summed E-state index contributed by atoms with van der Waals surface area (Å²) in [5.74, 6) is 0. The van der Waals surface area contributed by atoms with Crippen molar-refractivity contribution in [2.45, 2.75) is 52.4 Å². The molecule has 0 N–H and O–H groups in total. The van der Waals surface area contributed by atoms with E-state index in [2.05, 4.69) is 13.8 Å². The van der Waals surface area contributed by atoms with E-state index in [0.717, 1.165) is 0 Å². The van der Waals surface area contributed by atoms with Crippen LogP contribution in [-0.2, 0) is 0 Å². The molecule has 0 bridgehead atoms. The average Bonchev–Trinajstić information content (AvgIpc) is 1.81. The Hall–Kier alpha value is -0.140. The molecule has 0 atom stereocenters. The normalized spacial score (nSPS) is 7.80. The highest BCUT2D eigenvalue weighted by Gasteiger charge is 1.83. The minimum absolute atomic E-state index is 0. The van der Waals surface area contributed by atoms with Crippen molar-refractivity contribution in [3.63, 3.8) is 0 Å². The van der Waals surface area contributed by atoms with E-state index in [1.165, 1.54) is 38.5 Å². The summed E-state index contributed by atoms with van der Waals surface area (Å²) in [6.07, 6.45) is 8.49. The largest absolute Gasteiger partial charge is 0.269 e. The fourth-order valence-corrected chi connectivity index (χ4v) is 0.854. The third-order valence-electron chi connectivity index (χ3n) is 1.46. The summed E-state index contributed by atoms with van der Waals surface area (Å²) in [4.78, 5) is 0. The van der Waals surface area contributed by atoms with Crippen LogP contribution in [0.4, 0.5) is 9.41 Å². The van der Waals surface area contributed by atoms with Gasteiger partial charge in [-0.05, 0) is 0 Å². The maximum absolute atomic E-state index is 2.26. The smallest absolute Gasteiger partial charge is 0.0533 e. The van der Waals surface area contributed by atoms with Gasteiger partial charge in [-0.2, -0.15) is 0 Å². The zero-order valence-corrected chi connectivity index (χ0v) is 7.06. The summed E-state index contributed by atoms with van der Waals surface area (Å²) < 4.78 is 0. The second-order valence-corrected chi connectivity index (χ2v) is 2.41. The third-order valence-corrected chi connectivity index (χ3v) is 1.46. The molecule has 0 rings (SSSR count). The highest BCUT2D eigenvalue weighted by atomic mass is 19.0. The van der Waals surface area contributed by atoms with E-state index in [4.69, 9.17) is 0 Å². The van der Waals surface area contributed by atoms with Gasteiger partial charge in [-0.1, -0.05) is 52.4 Å². The summed E-state index contributed by atoms with van der Waals surface area (Å²) in [5.41, 5.74) is 0. The second-order valence-electron chi connectivity index (χ2n) is 2.41. The SMILES string of the molecule is CCCCCCCC.F.F. The molecule has 0 unspecified atom stereocenters. The van der Waals surface area contributed by atoms with Gasteiger partial charge in [0, 0.05) is 0 Å². The molecule has 0 aromatic heterocycles. The number of rotatable bonds is 5. The Morgan fingerprint density at radius 1 is 0.600 bits per heavy atom. The lowest BCUT2D eigenvalue weighted by Crippen LogP contribution is -1.73. The van der Waals surface area contributed by atoms with Gasteiger partial charge in [0.1, 0.15) is 0 Å². The number of halogens is 2. The number of hydrogen-bond donors (Lipinski definition) is 0. The van der Waals surface area contributed by atoms with Crippen LogP contribution in [0.25, 0.3) is 0 Å². The lowest BCUT2D eigenvalue weighted by molar-refractivity contribution is 0.624. The first kappa shape index (κ1) is 16.4. The first-order chi connectivity index (χ1) is 3.91. The predicted molar refractivity (Wildman–Crippen MR) is 44.1 cm³/mol. The van der Waals surface area contributed by atoms with Gasteiger partial charge in [-0.3, -0.25) is 9.41 Å². The Morgan fingerprint density at radius 3 is 1.10 bits per heavy atom. The van der Waals surface area contributed by atoms with Gasteiger partial charge in [0.05, 0.1) is 0 Å². The van der Waals surface area contributed by atoms with Crippen LogP contribution >= 0.6 is 0 Å². The molecule has 0 saturated carbocycles. The van der Waals surface area contributed by atoms with Crippen molar-refractivity contribution < 1.29 is 9.41 Å². The van der Waals surface area contributed by atoms with Crippen molar-refractivity contribution in [2.24, 2.45) is 0 Å². The van der Waals surface area contributed by atoms with E-state index < -0.39 is 0 Å². The minimum Gasteiger partial charge on any atom is -0.269 e. The molecule has 0 aliphatic rings. The van der Waals surface area contributed by atoms with Gasteiger partial charge in [0.15, 0.2) is 0 Å². The monoisotopic (exact) mass is 154 g/mol. The number of unbranched alkanes of at least 4 members (excludes halogenated alkanes) is 5. The minimum atomic E-state index is 0. The molecule has 0 saturated heterocycles. The highest BCUT2D eigenvalue weighted by Crippen LogP contribution is 2.03. The third kappa shape index (κ3) is 15.7. The molecule has 0 aromatic carbocycles. The van der Waals surface area contributed by atoms with Crippen molar-refractivity contribution in [3.8, 4) is 0 Å². The fraction of sp³-hybridized carbons (Fsp3) is 1.00. The fourth-order valence-electron chi connectivity index (χ4n) is 0.854. The van der Waals surface area contributed by atoms with Crippen LogP contribution < -0.4 is 0 Å².